The summed E-state index contributed by atoms with van der Waals surface area (Å²) in [6.07, 6.45) is 4.94. The van der Waals surface area contributed by atoms with Crippen LogP contribution >= 0.6 is 0 Å². The van der Waals surface area contributed by atoms with Crippen LogP contribution in [0.3, 0.4) is 0 Å². The van der Waals surface area contributed by atoms with Crippen LogP contribution in [0.1, 0.15) is 39.0 Å². The van der Waals surface area contributed by atoms with Crippen LogP contribution in [-0.4, -0.2) is 37.8 Å². The van der Waals surface area contributed by atoms with Crippen LogP contribution in [0.5, 0.6) is 0 Å². The van der Waals surface area contributed by atoms with E-state index in [1.807, 2.05) is 6.92 Å². The Morgan fingerprint density at radius 3 is 2.44 bits per heavy atom. The second kappa shape index (κ2) is 5.08. The topological polar surface area (TPSA) is 64.7 Å². The van der Waals surface area contributed by atoms with Crippen LogP contribution in [-0.2, 0) is 9.47 Å². The molecule has 3 N–H and O–H groups in total. The zero-order chi connectivity index (χ0) is 13.4. The Labute approximate surface area is 110 Å². The summed E-state index contributed by atoms with van der Waals surface area (Å²) in [7, 11) is 3.22. The fourth-order valence-corrected chi connectivity index (χ4v) is 4.36. The Kier molecular flexibility index (Phi) is 4.02. The fourth-order valence-electron chi connectivity index (χ4n) is 4.36. The second-order valence-electron chi connectivity index (χ2n) is 6.32. The molecule has 0 spiro atoms. The quantitative estimate of drug-likeness (QED) is 0.708. The van der Waals surface area contributed by atoms with Crippen LogP contribution in [0.2, 0.25) is 0 Å². The van der Waals surface area contributed by atoms with Gasteiger partial charge >= 0.3 is 0 Å². The zero-order valence-corrected chi connectivity index (χ0v) is 11.8. The first-order valence-electron chi connectivity index (χ1n) is 6.97. The first kappa shape index (κ1) is 14.3. The molecule has 0 aromatic carbocycles. The van der Waals surface area contributed by atoms with Crippen molar-refractivity contribution in [2.24, 2.45) is 23.0 Å². The lowest BCUT2D eigenvalue weighted by Gasteiger charge is -2.48. The van der Waals surface area contributed by atoms with Crippen molar-refractivity contribution in [1.29, 1.82) is 0 Å². The normalized spacial score (nSPS) is 38.3. The van der Waals surface area contributed by atoms with Crippen molar-refractivity contribution in [3.63, 3.8) is 0 Å². The SMILES string of the molecule is COC(CC(C)(O)C1(CN)CC2CCC1C2)OC. The Balaban J connectivity index is 2.16. The van der Waals surface area contributed by atoms with Crippen molar-refractivity contribution in [2.45, 2.75) is 50.9 Å². The summed E-state index contributed by atoms with van der Waals surface area (Å²) < 4.78 is 10.5. The molecule has 0 radical (unpaired) electrons. The third-order valence-electron chi connectivity index (χ3n) is 5.50. The average Bonchev–Trinajstić information content (AvgIpc) is 2.96. The van der Waals surface area contributed by atoms with E-state index in [-0.39, 0.29) is 11.7 Å². The predicted octanol–water partition coefficient (Wildman–Crippen LogP) is 1.51. The molecule has 0 aromatic rings. The first-order valence-corrected chi connectivity index (χ1v) is 6.97. The van der Waals surface area contributed by atoms with Gasteiger partial charge in [0.15, 0.2) is 6.29 Å². The van der Waals surface area contributed by atoms with E-state index in [0.717, 1.165) is 12.3 Å². The largest absolute Gasteiger partial charge is 0.389 e. The van der Waals surface area contributed by atoms with Gasteiger partial charge in [-0.1, -0.05) is 6.42 Å². The van der Waals surface area contributed by atoms with Gasteiger partial charge in [0, 0.05) is 32.6 Å². The molecule has 0 amide bonds. The van der Waals surface area contributed by atoms with Gasteiger partial charge in [-0.3, -0.25) is 0 Å². The Bertz CT molecular complexity index is 291. The molecular weight excluding hydrogens is 230 g/mol. The number of hydrogen-bond acceptors (Lipinski definition) is 4. The van der Waals surface area contributed by atoms with Gasteiger partial charge in [-0.2, -0.15) is 0 Å². The maximum absolute atomic E-state index is 11.0. The van der Waals surface area contributed by atoms with Gasteiger partial charge in [-0.05, 0) is 38.0 Å². The van der Waals surface area contributed by atoms with E-state index in [1.165, 1.54) is 19.3 Å². The molecule has 4 atom stereocenters. The van der Waals surface area contributed by atoms with E-state index in [0.29, 0.717) is 18.9 Å². The molecule has 0 aromatic heterocycles. The van der Waals surface area contributed by atoms with Gasteiger partial charge in [0.2, 0.25) is 0 Å². The number of fused-ring (bicyclic) bond motifs is 2. The first-order chi connectivity index (χ1) is 8.49. The zero-order valence-electron chi connectivity index (χ0n) is 11.8. The highest BCUT2D eigenvalue weighted by Crippen LogP contribution is 2.60. The molecule has 0 saturated heterocycles. The third-order valence-corrected chi connectivity index (χ3v) is 5.50. The highest BCUT2D eigenvalue weighted by Gasteiger charge is 2.59. The van der Waals surface area contributed by atoms with Gasteiger partial charge in [0.1, 0.15) is 0 Å². The molecule has 2 aliphatic carbocycles. The van der Waals surface area contributed by atoms with Gasteiger partial charge in [0.05, 0.1) is 5.60 Å². The maximum Gasteiger partial charge on any atom is 0.159 e. The molecule has 106 valence electrons. The van der Waals surface area contributed by atoms with E-state index in [2.05, 4.69) is 0 Å². The average molecular weight is 257 g/mol. The molecule has 4 heteroatoms. The van der Waals surface area contributed by atoms with Crippen molar-refractivity contribution < 1.29 is 14.6 Å². The summed E-state index contributed by atoms with van der Waals surface area (Å²) in [5.41, 5.74) is 5.09. The number of nitrogens with two attached hydrogens (primary N) is 1. The standard InChI is InChI=1S/C14H27NO3/c1-13(16,8-12(17-2)18-3)14(9-15)7-10-4-5-11(14)6-10/h10-12,16H,4-9,15H2,1-3H3. The minimum absolute atomic E-state index is 0.148. The summed E-state index contributed by atoms with van der Waals surface area (Å²) in [5.74, 6) is 1.32. The summed E-state index contributed by atoms with van der Waals surface area (Å²) in [6, 6.07) is 0. The monoisotopic (exact) mass is 257 g/mol. The predicted molar refractivity (Wildman–Crippen MR) is 70.0 cm³/mol. The summed E-state index contributed by atoms with van der Waals surface area (Å²) in [4.78, 5) is 0. The lowest BCUT2D eigenvalue weighted by atomic mass is 9.61. The number of methoxy groups -OCH3 is 2. The van der Waals surface area contributed by atoms with Crippen LogP contribution in [0, 0.1) is 17.3 Å². The summed E-state index contributed by atoms with van der Waals surface area (Å²) in [5, 5.41) is 11.0. The third kappa shape index (κ3) is 2.09. The Morgan fingerprint density at radius 2 is 2.06 bits per heavy atom. The summed E-state index contributed by atoms with van der Waals surface area (Å²) in [6.45, 7) is 2.47. The van der Waals surface area contributed by atoms with Crippen LogP contribution in [0.4, 0.5) is 0 Å². The fraction of sp³-hybridized carbons (Fsp3) is 1.00. The van der Waals surface area contributed by atoms with E-state index in [1.54, 1.807) is 14.2 Å². The van der Waals surface area contributed by atoms with Crippen molar-refractivity contribution >= 4 is 0 Å². The highest BCUT2D eigenvalue weighted by molar-refractivity contribution is 5.09. The minimum atomic E-state index is -0.821. The number of hydrogen-bond donors (Lipinski definition) is 2. The summed E-state index contributed by atoms with van der Waals surface area (Å²) >= 11 is 0. The number of aliphatic hydroxyl groups is 1. The number of rotatable bonds is 6. The molecule has 2 aliphatic rings. The van der Waals surface area contributed by atoms with Gasteiger partial charge in [-0.25, -0.2) is 0 Å². The van der Waals surface area contributed by atoms with E-state index >= 15 is 0 Å². The Morgan fingerprint density at radius 1 is 1.39 bits per heavy atom. The molecule has 2 bridgehead atoms. The second-order valence-corrected chi connectivity index (χ2v) is 6.32. The Hall–Kier alpha value is -0.160. The molecule has 4 unspecified atom stereocenters. The molecule has 4 nitrogen and oxygen atoms in total. The highest BCUT2D eigenvalue weighted by atomic mass is 16.7. The van der Waals surface area contributed by atoms with Crippen LogP contribution in [0.15, 0.2) is 0 Å². The van der Waals surface area contributed by atoms with Crippen molar-refractivity contribution in [3.05, 3.63) is 0 Å². The lowest BCUT2D eigenvalue weighted by Crippen LogP contribution is -2.55. The molecular formula is C14H27NO3. The van der Waals surface area contributed by atoms with E-state index < -0.39 is 5.60 Å². The van der Waals surface area contributed by atoms with Crippen LogP contribution in [0.25, 0.3) is 0 Å². The molecule has 0 heterocycles. The van der Waals surface area contributed by atoms with Gasteiger partial charge < -0.3 is 20.3 Å². The lowest BCUT2D eigenvalue weighted by molar-refractivity contribution is -0.179. The van der Waals surface area contributed by atoms with Crippen molar-refractivity contribution in [2.75, 3.05) is 20.8 Å². The molecule has 2 saturated carbocycles. The van der Waals surface area contributed by atoms with Gasteiger partial charge in [0.25, 0.3) is 0 Å². The van der Waals surface area contributed by atoms with Crippen molar-refractivity contribution in [3.8, 4) is 0 Å². The smallest absolute Gasteiger partial charge is 0.159 e. The minimum Gasteiger partial charge on any atom is -0.389 e. The van der Waals surface area contributed by atoms with Crippen LogP contribution < -0.4 is 5.73 Å². The van der Waals surface area contributed by atoms with E-state index in [4.69, 9.17) is 15.2 Å². The van der Waals surface area contributed by atoms with Gasteiger partial charge in [-0.15, -0.1) is 0 Å². The number of ether oxygens (including phenoxy) is 2. The molecule has 2 rings (SSSR count). The molecule has 0 aliphatic heterocycles. The molecule has 2 fully saturated rings. The van der Waals surface area contributed by atoms with Crippen molar-refractivity contribution in [1.82, 2.24) is 0 Å². The van der Waals surface area contributed by atoms with E-state index in [9.17, 15) is 5.11 Å². The molecule has 18 heavy (non-hydrogen) atoms. The maximum atomic E-state index is 11.0.